The zero-order valence-electron chi connectivity index (χ0n) is 11.0. The van der Waals surface area contributed by atoms with Crippen LogP contribution in [0.25, 0.3) is 0 Å². The molecule has 2 aromatic rings. The average molecular weight is 241 g/mol. The van der Waals surface area contributed by atoms with E-state index in [9.17, 15) is 0 Å². The number of aliphatic imine (C=N–C) groups is 1. The maximum Gasteiger partial charge on any atom is 0.145 e. The maximum atomic E-state index is 5.43. The normalized spacial score (nSPS) is 11.2. The Hall–Kier alpha value is -1.83. The van der Waals surface area contributed by atoms with Crippen molar-refractivity contribution < 1.29 is 4.42 Å². The third-order valence-corrected chi connectivity index (χ3v) is 2.86. The number of unbranched alkanes of at least 4 members (excludes halogenated alkanes) is 1. The smallest absolute Gasteiger partial charge is 0.145 e. The molecule has 0 aliphatic rings. The summed E-state index contributed by atoms with van der Waals surface area (Å²) in [4.78, 5) is 4.39. The van der Waals surface area contributed by atoms with Gasteiger partial charge in [-0.15, -0.1) is 0 Å². The molecule has 0 saturated carbocycles. The van der Waals surface area contributed by atoms with E-state index in [1.807, 2.05) is 19.1 Å². The number of benzene rings is 1. The van der Waals surface area contributed by atoms with Crippen molar-refractivity contribution in [3.8, 4) is 0 Å². The zero-order valence-corrected chi connectivity index (χ0v) is 11.0. The van der Waals surface area contributed by atoms with Crippen LogP contribution in [0.15, 0.2) is 45.8 Å². The summed E-state index contributed by atoms with van der Waals surface area (Å²) in [7, 11) is 0. The molecule has 2 heteroatoms. The van der Waals surface area contributed by atoms with Gasteiger partial charge in [0, 0.05) is 0 Å². The molecule has 0 spiro atoms. The largest absolute Gasteiger partial charge is 0.460 e. The van der Waals surface area contributed by atoms with Crippen molar-refractivity contribution >= 4 is 11.9 Å². The summed E-state index contributed by atoms with van der Waals surface area (Å²) in [5.74, 6) is 1.70. The van der Waals surface area contributed by atoms with Crippen molar-refractivity contribution in [2.45, 2.75) is 33.1 Å². The monoisotopic (exact) mass is 241 g/mol. The van der Waals surface area contributed by atoms with Crippen molar-refractivity contribution in [2.75, 3.05) is 0 Å². The van der Waals surface area contributed by atoms with Gasteiger partial charge >= 0.3 is 0 Å². The van der Waals surface area contributed by atoms with Gasteiger partial charge in [0.2, 0.25) is 0 Å². The molecule has 1 aromatic heterocycles. The van der Waals surface area contributed by atoms with Crippen molar-refractivity contribution in [3.05, 3.63) is 53.5 Å². The molecule has 0 radical (unpaired) electrons. The molecular formula is C16H19NO. The van der Waals surface area contributed by atoms with Crippen LogP contribution in [0.2, 0.25) is 0 Å². The van der Waals surface area contributed by atoms with Crippen LogP contribution in [-0.4, -0.2) is 6.21 Å². The number of hydrogen-bond acceptors (Lipinski definition) is 2. The Morgan fingerprint density at radius 2 is 1.89 bits per heavy atom. The standard InChI is InChI=1S/C16H19NO/c1-3-4-5-14-7-9-15(10-8-14)17-12-16-11-6-13(2)18-16/h6-12H,3-5H2,1-2H3. The van der Waals surface area contributed by atoms with Crippen molar-refractivity contribution in [1.29, 1.82) is 0 Å². The van der Waals surface area contributed by atoms with Crippen molar-refractivity contribution in [3.63, 3.8) is 0 Å². The minimum absolute atomic E-state index is 0.794. The molecule has 0 atom stereocenters. The van der Waals surface area contributed by atoms with E-state index in [1.165, 1.54) is 18.4 Å². The summed E-state index contributed by atoms with van der Waals surface area (Å²) in [5, 5.41) is 0. The van der Waals surface area contributed by atoms with E-state index < -0.39 is 0 Å². The Bertz CT molecular complexity index is 508. The van der Waals surface area contributed by atoms with E-state index in [-0.39, 0.29) is 0 Å². The molecule has 2 rings (SSSR count). The lowest BCUT2D eigenvalue weighted by atomic mass is 10.1. The van der Waals surface area contributed by atoms with Gasteiger partial charge in [0.15, 0.2) is 0 Å². The number of hydrogen-bond donors (Lipinski definition) is 0. The topological polar surface area (TPSA) is 25.5 Å². The van der Waals surface area contributed by atoms with Crippen molar-refractivity contribution in [2.24, 2.45) is 4.99 Å². The van der Waals surface area contributed by atoms with Crippen LogP contribution >= 0.6 is 0 Å². The number of furan rings is 1. The molecule has 0 fully saturated rings. The first-order valence-electron chi connectivity index (χ1n) is 6.47. The van der Waals surface area contributed by atoms with E-state index in [0.29, 0.717) is 0 Å². The molecule has 0 amide bonds. The minimum Gasteiger partial charge on any atom is -0.460 e. The average Bonchev–Trinajstić information content (AvgIpc) is 2.81. The number of nitrogens with zero attached hydrogens (tertiary/aromatic N) is 1. The van der Waals surface area contributed by atoms with Gasteiger partial charge < -0.3 is 4.42 Å². The fourth-order valence-corrected chi connectivity index (χ4v) is 1.79. The van der Waals surface area contributed by atoms with Gasteiger partial charge in [0.05, 0.1) is 11.9 Å². The Labute approximate surface area is 108 Å². The molecule has 0 N–H and O–H groups in total. The fraction of sp³-hybridized carbons (Fsp3) is 0.312. The Morgan fingerprint density at radius 3 is 2.50 bits per heavy atom. The van der Waals surface area contributed by atoms with E-state index in [0.717, 1.165) is 23.6 Å². The Balaban J connectivity index is 1.99. The lowest BCUT2D eigenvalue weighted by molar-refractivity contribution is 0.528. The fourth-order valence-electron chi connectivity index (χ4n) is 1.79. The first kappa shape index (κ1) is 12.6. The Kier molecular flexibility index (Phi) is 4.35. The van der Waals surface area contributed by atoms with Crippen LogP contribution < -0.4 is 0 Å². The van der Waals surface area contributed by atoms with Crippen LogP contribution in [0, 0.1) is 6.92 Å². The van der Waals surface area contributed by atoms with E-state index >= 15 is 0 Å². The molecule has 0 saturated heterocycles. The van der Waals surface area contributed by atoms with Crippen LogP contribution in [0.4, 0.5) is 5.69 Å². The molecule has 2 nitrogen and oxygen atoms in total. The highest BCUT2D eigenvalue weighted by Gasteiger charge is 1.95. The van der Waals surface area contributed by atoms with Crippen LogP contribution in [-0.2, 0) is 6.42 Å². The summed E-state index contributed by atoms with van der Waals surface area (Å²) in [5.41, 5.74) is 2.34. The minimum atomic E-state index is 0.794. The highest BCUT2D eigenvalue weighted by Crippen LogP contribution is 2.15. The first-order valence-corrected chi connectivity index (χ1v) is 6.47. The molecule has 18 heavy (non-hydrogen) atoms. The second-order valence-corrected chi connectivity index (χ2v) is 4.48. The molecule has 0 aliphatic carbocycles. The predicted octanol–water partition coefficient (Wildman–Crippen LogP) is 4.68. The van der Waals surface area contributed by atoms with E-state index in [1.54, 1.807) is 6.21 Å². The van der Waals surface area contributed by atoms with Crippen molar-refractivity contribution in [1.82, 2.24) is 0 Å². The van der Waals surface area contributed by atoms with Gasteiger partial charge in [-0.2, -0.15) is 0 Å². The van der Waals surface area contributed by atoms with Gasteiger partial charge in [-0.1, -0.05) is 25.5 Å². The molecule has 0 bridgehead atoms. The summed E-state index contributed by atoms with van der Waals surface area (Å²) < 4.78 is 5.43. The summed E-state index contributed by atoms with van der Waals surface area (Å²) >= 11 is 0. The zero-order chi connectivity index (χ0) is 12.8. The molecule has 1 aromatic carbocycles. The summed E-state index contributed by atoms with van der Waals surface area (Å²) in [6.45, 7) is 4.14. The van der Waals surface area contributed by atoms with Gasteiger partial charge in [0.25, 0.3) is 0 Å². The molecular weight excluding hydrogens is 222 g/mol. The van der Waals surface area contributed by atoms with Gasteiger partial charge in [-0.3, -0.25) is 4.99 Å². The highest BCUT2D eigenvalue weighted by atomic mass is 16.3. The van der Waals surface area contributed by atoms with Gasteiger partial charge in [-0.05, 0) is 49.6 Å². The third kappa shape index (κ3) is 3.59. The van der Waals surface area contributed by atoms with E-state index in [2.05, 4.69) is 36.2 Å². The van der Waals surface area contributed by atoms with Gasteiger partial charge in [-0.25, -0.2) is 0 Å². The molecule has 0 aliphatic heterocycles. The molecule has 1 heterocycles. The molecule has 0 unspecified atom stereocenters. The molecule has 94 valence electrons. The highest BCUT2D eigenvalue weighted by molar-refractivity contribution is 5.78. The SMILES string of the molecule is CCCCc1ccc(N=Cc2ccc(C)o2)cc1. The third-order valence-electron chi connectivity index (χ3n) is 2.86. The second kappa shape index (κ2) is 6.20. The lowest BCUT2D eigenvalue weighted by Crippen LogP contribution is -1.83. The van der Waals surface area contributed by atoms with Crippen LogP contribution in [0.3, 0.4) is 0 Å². The van der Waals surface area contributed by atoms with E-state index in [4.69, 9.17) is 4.42 Å². The Morgan fingerprint density at radius 1 is 1.11 bits per heavy atom. The van der Waals surface area contributed by atoms with Gasteiger partial charge in [0.1, 0.15) is 11.5 Å². The number of rotatable bonds is 5. The number of aryl methyl sites for hydroxylation is 2. The van der Waals surface area contributed by atoms with Crippen LogP contribution in [0.5, 0.6) is 0 Å². The maximum absolute atomic E-state index is 5.43. The summed E-state index contributed by atoms with van der Waals surface area (Å²) in [6.07, 6.45) is 5.39. The predicted molar refractivity (Wildman–Crippen MR) is 75.8 cm³/mol. The van der Waals surface area contributed by atoms with Crippen LogP contribution in [0.1, 0.15) is 36.8 Å². The first-order chi connectivity index (χ1) is 8.78. The lowest BCUT2D eigenvalue weighted by Gasteiger charge is -1.99. The second-order valence-electron chi connectivity index (χ2n) is 4.48. The quantitative estimate of drug-likeness (QED) is 0.698. The summed E-state index contributed by atoms with van der Waals surface area (Å²) in [6, 6.07) is 12.3.